The average Bonchev–Trinajstić information content (AvgIpc) is 3.42. The van der Waals surface area contributed by atoms with Crippen LogP contribution in [0.25, 0.3) is 0 Å². The molecular weight excluding hydrogens is 635 g/mol. The molecule has 1 aliphatic heterocycles. The van der Waals surface area contributed by atoms with Crippen LogP contribution in [0.2, 0.25) is 0 Å². The van der Waals surface area contributed by atoms with Crippen molar-refractivity contribution in [3.8, 4) is 0 Å². The number of halogens is 1. The first-order valence-corrected chi connectivity index (χ1v) is 15.8. The van der Waals surface area contributed by atoms with Gasteiger partial charge in [0.15, 0.2) is 12.5 Å². The summed E-state index contributed by atoms with van der Waals surface area (Å²) in [5.74, 6) is -0.270. The van der Waals surface area contributed by atoms with Crippen LogP contribution >= 0.6 is 0 Å². The second-order valence-electron chi connectivity index (χ2n) is 10.9. The Labute approximate surface area is 265 Å². The smallest absolute Gasteiger partial charge is 0.417 e. The number of amides is 2. The lowest BCUT2D eigenvalue weighted by molar-refractivity contribution is -0.701. The Hall–Kier alpha value is -1.30. The van der Waals surface area contributed by atoms with Crippen molar-refractivity contribution in [1.29, 1.82) is 0 Å². The Morgan fingerprint density at radius 2 is 1.56 bits per heavy atom. The van der Waals surface area contributed by atoms with Gasteiger partial charge < -0.3 is 42.9 Å². The van der Waals surface area contributed by atoms with Crippen LogP contribution in [-0.2, 0) is 36.8 Å². The summed E-state index contributed by atoms with van der Waals surface area (Å²) < 4.78 is 24.9. The van der Waals surface area contributed by atoms with E-state index in [1.54, 1.807) is 0 Å². The molecule has 1 aromatic heterocycles. The molecule has 0 aliphatic carbocycles. The number of aryl methyl sites for hydroxylation is 1. The predicted octanol–water partition coefficient (Wildman–Crippen LogP) is 3.58. The number of hydrogen-bond acceptors (Lipinski definition) is 6. The van der Waals surface area contributed by atoms with Crippen LogP contribution in [0, 0.1) is 5.92 Å². The number of ether oxygens (including phenoxy) is 4. The summed E-state index contributed by atoms with van der Waals surface area (Å²) >= 11 is 0. The zero-order valence-corrected chi connectivity index (χ0v) is 28.0. The van der Waals surface area contributed by atoms with Crippen molar-refractivity contribution in [2.24, 2.45) is 5.92 Å². The Morgan fingerprint density at radius 1 is 0.927 bits per heavy atom. The molecule has 2 atom stereocenters. The highest BCUT2D eigenvalue weighted by Crippen LogP contribution is 2.22. The fourth-order valence-electron chi connectivity index (χ4n) is 4.90. The first-order valence-electron chi connectivity index (χ1n) is 15.8. The number of unbranched alkanes of at least 4 members (excludes halogenated alkanes) is 10. The molecule has 0 spiro atoms. The van der Waals surface area contributed by atoms with Gasteiger partial charge in [0.25, 0.3) is 0 Å². The first-order chi connectivity index (χ1) is 19.5. The Balaban J connectivity index is 0.00000840. The van der Waals surface area contributed by atoms with E-state index < -0.39 is 6.09 Å². The molecule has 1 saturated heterocycles. The Bertz CT molecular complexity index is 827. The molecule has 0 bridgehead atoms. The maximum atomic E-state index is 12.7. The highest BCUT2D eigenvalue weighted by molar-refractivity contribution is 5.90. The summed E-state index contributed by atoms with van der Waals surface area (Å²) in [6.07, 6.45) is 16.8. The molecule has 1 aromatic rings. The zero-order valence-electron chi connectivity index (χ0n) is 25.8. The number of imide groups is 1. The SMILES string of the molecule is CCCCCCCCCCOCCCCCCOC1CC(COC(=O)N(Cc2cccc[n+]2CC)C(C)=O)CO1.[I-]. The predicted molar refractivity (Wildman–Crippen MR) is 156 cm³/mol. The van der Waals surface area contributed by atoms with Crippen molar-refractivity contribution in [1.82, 2.24) is 4.90 Å². The van der Waals surface area contributed by atoms with E-state index in [0.29, 0.717) is 19.6 Å². The van der Waals surface area contributed by atoms with Crippen LogP contribution in [0.3, 0.4) is 0 Å². The number of rotatable bonds is 22. The summed E-state index contributed by atoms with van der Waals surface area (Å²) in [4.78, 5) is 25.9. The first kappa shape index (κ1) is 37.7. The van der Waals surface area contributed by atoms with Gasteiger partial charge in [-0.2, -0.15) is 0 Å². The molecule has 2 amide bonds. The van der Waals surface area contributed by atoms with Crippen molar-refractivity contribution in [3.05, 3.63) is 30.1 Å². The van der Waals surface area contributed by atoms with Crippen molar-refractivity contribution in [3.63, 3.8) is 0 Å². The molecule has 0 radical (unpaired) electrons. The van der Waals surface area contributed by atoms with Gasteiger partial charge in [0, 0.05) is 51.2 Å². The molecule has 236 valence electrons. The maximum Gasteiger partial charge on any atom is 0.417 e. The molecule has 1 aliphatic rings. The monoisotopic (exact) mass is 690 g/mol. The average molecular weight is 691 g/mol. The minimum Gasteiger partial charge on any atom is -1.00 e. The van der Waals surface area contributed by atoms with Gasteiger partial charge in [0.2, 0.25) is 11.6 Å². The molecule has 0 saturated carbocycles. The van der Waals surface area contributed by atoms with E-state index in [4.69, 9.17) is 18.9 Å². The number of hydrogen-bond donors (Lipinski definition) is 0. The van der Waals surface area contributed by atoms with Gasteiger partial charge in [-0.1, -0.05) is 70.8 Å². The molecule has 0 aromatic carbocycles. The standard InChI is InChI=1S/C32H55N2O6.HI/c1-4-6-7-8-9-10-11-16-21-37-22-17-12-13-18-23-38-31-24-29(26-39-31)27-40-32(36)34(28(3)35)25-30-19-14-15-20-33(30)5-2;/h14-15,19-20,29,31H,4-13,16-18,21-27H2,1-3H3;1H/q+1;/p-1. The van der Waals surface area contributed by atoms with Crippen molar-refractivity contribution in [2.75, 3.05) is 33.0 Å². The fraction of sp³-hybridized carbons (Fsp3) is 0.781. The van der Waals surface area contributed by atoms with E-state index in [-0.39, 0.29) is 55.2 Å². The Morgan fingerprint density at radius 3 is 2.20 bits per heavy atom. The van der Waals surface area contributed by atoms with Gasteiger partial charge in [0.05, 0.1) is 13.2 Å². The number of carbonyl (C=O) groups is 2. The van der Waals surface area contributed by atoms with Gasteiger partial charge in [-0.25, -0.2) is 14.3 Å². The van der Waals surface area contributed by atoms with Gasteiger partial charge in [-0.05, 0) is 26.2 Å². The lowest BCUT2D eigenvalue weighted by Crippen LogP contribution is -3.00. The minimum atomic E-state index is -0.620. The summed E-state index contributed by atoms with van der Waals surface area (Å²) in [7, 11) is 0. The third-order valence-electron chi connectivity index (χ3n) is 7.41. The largest absolute Gasteiger partial charge is 1.00 e. The quantitative estimate of drug-likeness (QED) is 0.105. The summed E-state index contributed by atoms with van der Waals surface area (Å²) in [6, 6.07) is 5.73. The summed E-state index contributed by atoms with van der Waals surface area (Å²) in [5, 5.41) is 0. The third kappa shape index (κ3) is 16.8. The second-order valence-corrected chi connectivity index (χ2v) is 10.9. The highest BCUT2D eigenvalue weighted by Gasteiger charge is 2.29. The molecule has 41 heavy (non-hydrogen) atoms. The van der Waals surface area contributed by atoms with Crippen LogP contribution in [0.4, 0.5) is 4.79 Å². The van der Waals surface area contributed by atoms with Crippen molar-refractivity contribution in [2.45, 2.75) is 124 Å². The van der Waals surface area contributed by atoms with E-state index in [1.807, 2.05) is 35.9 Å². The van der Waals surface area contributed by atoms with E-state index in [2.05, 4.69) is 6.92 Å². The summed E-state index contributed by atoms with van der Waals surface area (Å²) in [5.41, 5.74) is 0.876. The van der Waals surface area contributed by atoms with Crippen molar-refractivity contribution >= 4 is 12.0 Å². The van der Waals surface area contributed by atoms with Gasteiger partial charge in [-0.3, -0.25) is 4.79 Å². The molecule has 2 unspecified atom stereocenters. The van der Waals surface area contributed by atoms with Crippen LogP contribution in [0.5, 0.6) is 0 Å². The third-order valence-corrected chi connectivity index (χ3v) is 7.41. The number of aromatic nitrogens is 1. The minimum absolute atomic E-state index is 0. The van der Waals surface area contributed by atoms with E-state index >= 15 is 0 Å². The van der Waals surface area contributed by atoms with Gasteiger partial charge in [0.1, 0.15) is 13.1 Å². The molecule has 9 heteroatoms. The van der Waals surface area contributed by atoms with Crippen LogP contribution < -0.4 is 28.5 Å². The molecular formula is C32H55IN2O6. The molecule has 2 rings (SSSR count). The van der Waals surface area contributed by atoms with E-state index in [0.717, 1.165) is 56.0 Å². The van der Waals surface area contributed by atoms with Crippen LogP contribution in [0.15, 0.2) is 24.4 Å². The molecule has 1 fully saturated rings. The lowest BCUT2D eigenvalue weighted by Gasteiger charge is -2.19. The topological polar surface area (TPSA) is 78.2 Å². The highest BCUT2D eigenvalue weighted by atomic mass is 127. The summed E-state index contributed by atoms with van der Waals surface area (Å²) in [6.45, 7) is 9.72. The maximum absolute atomic E-state index is 12.7. The van der Waals surface area contributed by atoms with Crippen LogP contribution in [0.1, 0.15) is 110 Å². The van der Waals surface area contributed by atoms with Gasteiger partial charge >= 0.3 is 6.09 Å². The number of nitrogens with zero attached hydrogens (tertiary/aromatic N) is 2. The number of pyridine rings is 1. The fourth-order valence-corrected chi connectivity index (χ4v) is 4.90. The van der Waals surface area contributed by atoms with Crippen LogP contribution in [-0.4, -0.2) is 56.2 Å². The normalized spacial score (nSPS) is 16.4. The van der Waals surface area contributed by atoms with Crippen molar-refractivity contribution < 1.29 is 57.1 Å². The number of carbonyl (C=O) groups excluding carboxylic acids is 2. The molecule has 2 heterocycles. The Kier molecular flexibility index (Phi) is 22.2. The molecule has 0 N–H and O–H groups in total. The second kappa shape index (κ2) is 24.2. The van der Waals surface area contributed by atoms with E-state index in [1.165, 1.54) is 58.3 Å². The van der Waals surface area contributed by atoms with E-state index in [9.17, 15) is 9.59 Å². The van der Waals surface area contributed by atoms with Gasteiger partial charge in [-0.15, -0.1) is 0 Å². The zero-order chi connectivity index (χ0) is 28.8. The molecule has 8 nitrogen and oxygen atoms in total. The lowest BCUT2D eigenvalue weighted by atomic mass is 10.1.